The summed E-state index contributed by atoms with van der Waals surface area (Å²) >= 11 is 0. The fourth-order valence-corrected chi connectivity index (χ4v) is 8.34. The van der Waals surface area contributed by atoms with Crippen molar-refractivity contribution in [1.29, 1.82) is 0 Å². The molecule has 0 spiro atoms. The Morgan fingerprint density at radius 1 is 0.480 bits per heavy atom. The van der Waals surface area contributed by atoms with E-state index >= 15 is 0 Å². The number of hydrogen-bond acceptors (Lipinski definition) is 1. The molecule has 0 amide bonds. The molecule has 0 bridgehead atoms. The van der Waals surface area contributed by atoms with Crippen LogP contribution in [-0.2, 0) is 11.8 Å². The van der Waals surface area contributed by atoms with Crippen LogP contribution in [0.3, 0.4) is 0 Å². The number of hydrogen-bond donors (Lipinski definition) is 0. The predicted molar refractivity (Wildman–Crippen MR) is 211 cm³/mol. The van der Waals surface area contributed by atoms with E-state index in [1.54, 1.807) is 0 Å². The second-order valence-electron chi connectivity index (χ2n) is 14.5. The molecular formula is C49H36O. The first-order chi connectivity index (χ1) is 24.5. The molecule has 0 atom stereocenters. The van der Waals surface area contributed by atoms with E-state index in [1.165, 1.54) is 88.0 Å². The van der Waals surface area contributed by atoms with Gasteiger partial charge in [-0.25, -0.2) is 0 Å². The fraction of sp³-hybridized carbons (Fsp3) is 0.102. The summed E-state index contributed by atoms with van der Waals surface area (Å²) in [6, 6.07) is 53.7. The van der Waals surface area contributed by atoms with Gasteiger partial charge in [-0.1, -0.05) is 117 Å². The van der Waals surface area contributed by atoms with E-state index in [-0.39, 0.29) is 5.41 Å². The molecule has 0 aromatic heterocycles. The highest BCUT2D eigenvalue weighted by atomic mass is 16.5. The van der Waals surface area contributed by atoms with Crippen molar-refractivity contribution >= 4 is 38.4 Å². The molecule has 10 rings (SSSR count). The van der Waals surface area contributed by atoms with Crippen molar-refractivity contribution in [3.8, 4) is 44.9 Å². The summed E-state index contributed by atoms with van der Waals surface area (Å²) < 4.78 is 6.58. The van der Waals surface area contributed by atoms with Crippen molar-refractivity contribution in [2.45, 2.75) is 32.1 Å². The highest BCUT2D eigenvalue weighted by molar-refractivity contribution is 5.97. The largest absolute Gasteiger partial charge is 0.457 e. The molecular weight excluding hydrogens is 605 g/mol. The molecule has 0 radical (unpaired) electrons. The van der Waals surface area contributed by atoms with E-state index in [2.05, 4.69) is 172 Å². The van der Waals surface area contributed by atoms with Crippen LogP contribution in [0.15, 0.2) is 152 Å². The lowest BCUT2D eigenvalue weighted by molar-refractivity contribution is 0.473. The summed E-state index contributed by atoms with van der Waals surface area (Å²) in [7, 11) is 0. The number of allylic oxidation sites excluding steroid dienone is 1. The van der Waals surface area contributed by atoms with Crippen LogP contribution in [0, 0.1) is 0 Å². The van der Waals surface area contributed by atoms with E-state index in [0.717, 1.165) is 24.3 Å². The summed E-state index contributed by atoms with van der Waals surface area (Å²) in [5.41, 5.74) is 12.7. The van der Waals surface area contributed by atoms with Crippen LogP contribution in [0.2, 0.25) is 0 Å². The van der Waals surface area contributed by atoms with Gasteiger partial charge in [-0.15, -0.1) is 0 Å². The minimum Gasteiger partial charge on any atom is -0.457 e. The first-order valence-corrected chi connectivity index (χ1v) is 17.7. The molecule has 0 unspecified atom stereocenters. The van der Waals surface area contributed by atoms with Crippen LogP contribution in [-0.4, -0.2) is 0 Å². The zero-order valence-corrected chi connectivity index (χ0v) is 28.3. The minimum absolute atomic E-state index is 0.140. The summed E-state index contributed by atoms with van der Waals surface area (Å²) in [6.45, 7) is 4.70. The minimum atomic E-state index is -0.140. The number of fused-ring (bicyclic) bond motifs is 7. The fourth-order valence-electron chi connectivity index (χ4n) is 8.34. The molecule has 8 aromatic carbocycles. The Morgan fingerprint density at radius 2 is 1.08 bits per heavy atom. The van der Waals surface area contributed by atoms with Gasteiger partial charge in [-0.2, -0.15) is 0 Å². The zero-order chi connectivity index (χ0) is 33.4. The average molecular weight is 641 g/mol. The molecule has 0 N–H and O–H groups in total. The van der Waals surface area contributed by atoms with Crippen molar-refractivity contribution in [3.05, 3.63) is 174 Å². The third-order valence-corrected chi connectivity index (χ3v) is 11.1. The van der Waals surface area contributed by atoms with E-state index in [0.29, 0.717) is 0 Å². The molecule has 0 saturated carbocycles. The van der Waals surface area contributed by atoms with Gasteiger partial charge in [0.05, 0.1) is 0 Å². The van der Waals surface area contributed by atoms with Gasteiger partial charge >= 0.3 is 0 Å². The molecule has 0 fully saturated rings. The molecule has 0 heterocycles. The molecule has 2 aliphatic rings. The molecule has 2 aliphatic carbocycles. The third-order valence-electron chi connectivity index (χ3n) is 11.1. The van der Waals surface area contributed by atoms with Crippen LogP contribution in [0.25, 0.3) is 71.8 Å². The Balaban J connectivity index is 0.968. The van der Waals surface area contributed by atoms with Gasteiger partial charge in [0, 0.05) is 11.0 Å². The predicted octanol–water partition coefficient (Wildman–Crippen LogP) is 13.5. The van der Waals surface area contributed by atoms with Crippen LogP contribution in [0.4, 0.5) is 0 Å². The smallest absolute Gasteiger partial charge is 0.131 e. The molecule has 8 aromatic rings. The lowest BCUT2D eigenvalue weighted by Gasteiger charge is -2.23. The van der Waals surface area contributed by atoms with Crippen molar-refractivity contribution in [3.63, 3.8) is 0 Å². The number of benzene rings is 8. The molecule has 1 nitrogen and oxygen atoms in total. The Hall–Kier alpha value is -5.92. The Morgan fingerprint density at radius 3 is 1.80 bits per heavy atom. The van der Waals surface area contributed by atoms with Crippen LogP contribution in [0.1, 0.15) is 42.5 Å². The normalized spacial score (nSPS) is 14.1. The summed E-state index contributed by atoms with van der Waals surface area (Å²) in [6.07, 6.45) is 6.54. The average Bonchev–Trinajstić information content (AvgIpc) is 3.37. The SMILES string of the molecule is CC1(C)c2cc(Oc3cccc4c3CCC=C4)ccc2-c2cc3ccc(-c4ccc5cc(-c6ccc7ccccc7c6)ccc5c4)cc3cc21. The van der Waals surface area contributed by atoms with Crippen LogP contribution >= 0.6 is 0 Å². The van der Waals surface area contributed by atoms with E-state index in [1.807, 2.05) is 0 Å². The van der Waals surface area contributed by atoms with Crippen molar-refractivity contribution in [1.82, 2.24) is 0 Å². The topological polar surface area (TPSA) is 9.23 Å². The second kappa shape index (κ2) is 11.1. The van der Waals surface area contributed by atoms with Gasteiger partial charge in [-0.3, -0.25) is 0 Å². The molecule has 0 aliphatic heterocycles. The maximum Gasteiger partial charge on any atom is 0.131 e. The van der Waals surface area contributed by atoms with Gasteiger partial charge in [0.1, 0.15) is 11.5 Å². The Kier molecular flexibility index (Phi) is 6.42. The van der Waals surface area contributed by atoms with Gasteiger partial charge < -0.3 is 4.74 Å². The molecule has 1 heteroatoms. The maximum absolute atomic E-state index is 6.58. The van der Waals surface area contributed by atoms with Gasteiger partial charge in [0.2, 0.25) is 0 Å². The summed E-state index contributed by atoms with van der Waals surface area (Å²) in [5, 5.41) is 7.59. The van der Waals surface area contributed by atoms with E-state index in [9.17, 15) is 0 Å². The quantitative estimate of drug-likeness (QED) is 0.186. The van der Waals surface area contributed by atoms with Crippen molar-refractivity contribution in [2.24, 2.45) is 0 Å². The monoisotopic (exact) mass is 640 g/mol. The standard InChI is InChI=1S/C49H36O/c1-49(2)46-29-41-27-39(38-19-18-36-25-35(16-17-37(36)26-38)34-15-14-31-8-3-4-10-33(31)24-34)20-21-40(41)28-45(46)44-23-22-42(30-47(44)49)50-48-13-7-11-32-9-5-6-12-43(32)48/h3-5,7-11,13-30H,6,12H2,1-2H3. The van der Waals surface area contributed by atoms with Crippen LogP contribution in [0.5, 0.6) is 11.5 Å². The highest BCUT2D eigenvalue weighted by Gasteiger charge is 2.36. The van der Waals surface area contributed by atoms with E-state index in [4.69, 9.17) is 4.74 Å². The van der Waals surface area contributed by atoms with Gasteiger partial charge in [0.15, 0.2) is 0 Å². The molecule has 0 saturated heterocycles. The van der Waals surface area contributed by atoms with Gasteiger partial charge in [-0.05, 0) is 150 Å². The lowest BCUT2D eigenvalue weighted by atomic mass is 9.81. The van der Waals surface area contributed by atoms with Crippen molar-refractivity contribution in [2.75, 3.05) is 0 Å². The van der Waals surface area contributed by atoms with Crippen molar-refractivity contribution < 1.29 is 4.74 Å². The summed E-state index contributed by atoms with van der Waals surface area (Å²) in [4.78, 5) is 0. The third kappa shape index (κ3) is 4.69. The molecule has 238 valence electrons. The Labute approximate surface area is 293 Å². The second-order valence-corrected chi connectivity index (χ2v) is 14.5. The number of ether oxygens (including phenoxy) is 1. The van der Waals surface area contributed by atoms with Crippen LogP contribution < -0.4 is 4.74 Å². The van der Waals surface area contributed by atoms with E-state index < -0.39 is 0 Å². The first kappa shape index (κ1) is 29.0. The summed E-state index contributed by atoms with van der Waals surface area (Å²) in [5.74, 6) is 1.87. The zero-order valence-electron chi connectivity index (χ0n) is 28.3. The van der Waals surface area contributed by atoms with Gasteiger partial charge in [0.25, 0.3) is 0 Å². The molecule has 50 heavy (non-hydrogen) atoms. The Bertz CT molecular complexity index is 2710. The highest BCUT2D eigenvalue weighted by Crippen LogP contribution is 2.51. The first-order valence-electron chi connectivity index (χ1n) is 17.7. The maximum atomic E-state index is 6.58. The lowest BCUT2D eigenvalue weighted by Crippen LogP contribution is -2.15. The number of rotatable bonds is 4.